The summed E-state index contributed by atoms with van der Waals surface area (Å²) in [6.07, 6.45) is 1.82. The number of hydrogen-bond acceptors (Lipinski definition) is 2. The molecule has 1 aromatic heterocycles. The van der Waals surface area contributed by atoms with Crippen LogP contribution < -0.4 is 4.90 Å². The molecule has 0 saturated carbocycles. The molecule has 0 saturated heterocycles. The van der Waals surface area contributed by atoms with Gasteiger partial charge in [0.1, 0.15) is 12.2 Å². The molecule has 6 heteroatoms. The number of benzene rings is 1. The lowest BCUT2D eigenvalue weighted by molar-refractivity contribution is -0.135. The molecular formula is C16H17BrN2O3. The molecule has 1 heterocycles. The highest BCUT2D eigenvalue weighted by Gasteiger charge is 2.24. The van der Waals surface area contributed by atoms with Crippen molar-refractivity contribution in [1.82, 2.24) is 4.57 Å². The molecule has 0 aliphatic rings. The quantitative estimate of drug-likeness (QED) is 0.881. The number of amides is 1. The maximum absolute atomic E-state index is 12.8. The van der Waals surface area contributed by atoms with Gasteiger partial charge in [0.15, 0.2) is 0 Å². The summed E-state index contributed by atoms with van der Waals surface area (Å²) < 4.78 is 2.61. The fraction of sp³-hybridized carbons (Fsp3) is 0.250. The van der Waals surface area contributed by atoms with Gasteiger partial charge in [-0.15, -0.1) is 0 Å². The second-order valence-corrected chi connectivity index (χ2v) is 6.08. The predicted molar refractivity (Wildman–Crippen MR) is 88.3 cm³/mol. The van der Waals surface area contributed by atoms with E-state index in [9.17, 15) is 9.59 Å². The van der Waals surface area contributed by atoms with Crippen molar-refractivity contribution in [2.45, 2.75) is 19.9 Å². The lowest BCUT2D eigenvalue weighted by Gasteiger charge is -2.22. The first kappa shape index (κ1) is 16.3. The summed E-state index contributed by atoms with van der Waals surface area (Å²) in [6.45, 7) is 3.55. The largest absolute Gasteiger partial charge is 0.480 e. The summed E-state index contributed by atoms with van der Waals surface area (Å²) >= 11 is 3.37. The number of rotatable bonds is 5. The maximum Gasteiger partial charge on any atom is 0.323 e. The number of carbonyl (C=O) groups excluding carboxylic acids is 1. The Kier molecular flexibility index (Phi) is 5.03. The first-order valence-electron chi connectivity index (χ1n) is 6.86. The van der Waals surface area contributed by atoms with Crippen LogP contribution in [0.15, 0.2) is 47.1 Å². The molecule has 0 aliphatic heterocycles. The van der Waals surface area contributed by atoms with Gasteiger partial charge in [0.2, 0.25) is 0 Å². The fourth-order valence-electron chi connectivity index (χ4n) is 2.21. The highest BCUT2D eigenvalue weighted by molar-refractivity contribution is 9.10. The van der Waals surface area contributed by atoms with Crippen LogP contribution in [-0.2, 0) is 4.79 Å². The number of hydrogen-bond donors (Lipinski definition) is 1. The Balaban J connectivity index is 2.44. The van der Waals surface area contributed by atoms with Crippen molar-refractivity contribution in [3.8, 4) is 0 Å². The molecule has 0 fully saturated rings. The van der Waals surface area contributed by atoms with Crippen molar-refractivity contribution in [1.29, 1.82) is 0 Å². The minimum absolute atomic E-state index is 0.0905. The Morgan fingerprint density at radius 2 is 1.91 bits per heavy atom. The molecule has 5 nitrogen and oxygen atoms in total. The van der Waals surface area contributed by atoms with E-state index in [4.69, 9.17) is 5.11 Å². The van der Waals surface area contributed by atoms with Gasteiger partial charge in [-0.2, -0.15) is 0 Å². The zero-order valence-electron chi connectivity index (χ0n) is 12.4. The molecule has 116 valence electrons. The monoisotopic (exact) mass is 364 g/mol. The molecule has 0 radical (unpaired) electrons. The summed E-state index contributed by atoms with van der Waals surface area (Å²) in [7, 11) is 0. The van der Waals surface area contributed by atoms with E-state index in [0.717, 1.165) is 4.47 Å². The van der Waals surface area contributed by atoms with Crippen LogP contribution in [0, 0.1) is 0 Å². The van der Waals surface area contributed by atoms with Crippen LogP contribution in [0.2, 0.25) is 0 Å². The zero-order chi connectivity index (χ0) is 16.3. The Bertz CT molecular complexity index is 680. The number of carboxylic acid groups (broad SMARTS) is 1. The number of halogens is 1. The SMILES string of the molecule is CC(C)n1cc(Br)cc1C(=O)N(CC(=O)O)c1ccccc1. The standard InChI is InChI=1S/C16H17BrN2O3/c1-11(2)18-9-12(17)8-14(18)16(22)19(10-15(20)21)13-6-4-3-5-7-13/h3-9,11H,10H2,1-2H3,(H,20,21). The van der Waals surface area contributed by atoms with Crippen LogP contribution in [0.1, 0.15) is 30.4 Å². The number of aliphatic carboxylic acids is 1. The minimum atomic E-state index is -1.06. The van der Waals surface area contributed by atoms with Gasteiger partial charge in [-0.3, -0.25) is 14.5 Å². The van der Waals surface area contributed by atoms with Crippen molar-refractivity contribution in [2.24, 2.45) is 0 Å². The van der Waals surface area contributed by atoms with E-state index in [0.29, 0.717) is 11.4 Å². The second kappa shape index (κ2) is 6.79. The summed E-state index contributed by atoms with van der Waals surface area (Å²) in [5.41, 5.74) is 1.01. The molecule has 2 rings (SSSR count). The van der Waals surface area contributed by atoms with Crippen LogP contribution in [0.5, 0.6) is 0 Å². The first-order chi connectivity index (χ1) is 10.4. The van der Waals surface area contributed by atoms with Crippen molar-refractivity contribution < 1.29 is 14.7 Å². The Morgan fingerprint density at radius 3 is 2.45 bits per heavy atom. The summed E-state index contributed by atoms with van der Waals surface area (Å²) in [4.78, 5) is 25.2. The van der Waals surface area contributed by atoms with Gasteiger partial charge < -0.3 is 9.67 Å². The molecule has 0 spiro atoms. The third-order valence-electron chi connectivity index (χ3n) is 3.20. The van der Waals surface area contributed by atoms with Crippen LogP contribution >= 0.6 is 15.9 Å². The molecule has 2 aromatic rings. The average Bonchev–Trinajstić information content (AvgIpc) is 2.87. The van der Waals surface area contributed by atoms with E-state index in [2.05, 4.69) is 15.9 Å². The summed E-state index contributed by atoms with van der Waals surface area (Å²) in [5, 5.41) is 9.11. The van der Waals surface area contributed by atoms with E-state index in [1.807, 2.05) is 30.7 Å². The molecule has 1 amide bonds. The highest BCUT2D eigenvalue weighted by atomic mass is 79.9. The topological polar surface area (TPSA) is 62.5 Å². The third kappa shape index (κ3) is 3.57. The second-order valence-electron chi connectivity index (χ2n) is 5.17. The average molecular weight is 365 g/mol. The van der Waals surface area contributed by atoms with Gasteiger partial charge in [0, 0.05) is 22.4 Å². The number of anilines is 1. The van der Waals surface area contributed by atoms with Gasteiger partial charge in [-0.25, -0.2) is 0 Å². The highest BCUT2D eigenvalue weighted by Crippen LogP contribution is 2.23. The molecule has 1 N–H and O–H groups in total. The van der Waals surface area contributed by atoms with Gasteiger partial charge in [0.25, 0.3) is 5.91 Å². The van der Waals surface area contributed by atoms with Gasteiger partial charge in [-0.05, 0) is 48.0 Å². The first-order valence-corrected chi connectivity index (χ1v) is 7.65. The number of aromatic nitrogens is 1. The van der Waals surface area contributed by atoms with Crippen molar-refractivity contribution >= 4 is 33.5 Å². The summed E-state index contributed by atoms with van der Waals surface area (Å²) in [6, 6.07) is 10.6. The normalized spacial score (nSPS) is 10.7. The van der Waals surface area contributed by atoms with Crippen molar-refractivity contribution in [3.05, 3.63) is 52.8 Å². The van der Waals surface area contributed by atoms with E-state index in [1.165, 1.54) is 4.90 Å². The van der Waals surface area contributed by atoms with Crippen LogP contribution in [-0.4, -0.2) is 28.1 Å². The smallest absolute Gasteiger partial charge is 0.323 e. The zero-order valence-corrected chi connectivity index (χ0v) is 13.9. The lowest BCUT2D eigenvalue weighted by atomic mass is 10.2. The molecule has 0 aliphatic carbocycles. The Morgan fingerprint density at radius 1 is 1.27 bits per heavy atom. The van der Waals surface area contributed by atoms with Gasteiger partial charge >= 0.3 is 5.97 Å². The maximum atomic E-state index is 12.8. The number of nitrogens with zero attached hydrogens (tertiary/aromatic N) is 2. The number of para-hydroxylation sites is 1. The van der Waals surface area contributed by atoms with Gasteiger partial charge in [0.05, 0.1) is 0 Å². The van der Waals surface area contributed by atoms with Crippen LogP contribution in [0.3, 0.4) is 0 Å². The molecule has 0 atom stereocenters. The van der Waals surface area contributed by atoms with Crippen molar-refractivity contribution in [2.75, 3.05) is 11.4 Å². The molecule has 0 bridgehead atoms. The predicted octanol–water partition coefficient (Wildman–Crippen LogP) is 3.56. The third-order valence-corrected chi connectivity index (χ3v) is 3.63. The van der Waals surface area contributed by atoms with Crippen molar-refractivity contribution in [3.63, 3.8) is 0 Å². The van der Waals surface area contributed by atoms with Crippen LogP contribution in [0.25, 0.3) is 0 Å². The molecule has 1 aromatic carbocycles. The number of carboxylic acids is 1. The van der Waals surface area contributed by atoms with E-state index < -0.39 is 5.97 Å². The Hall–Kier alpha value is -2.08. The molecular weight excluding hydrogens is 348 g/mol. The van der Waals surface area contributed by atoms with E-state index >= 15 is 0 Å². The van der Waals surface area contributed by atoms with Crippen LogP contribution in [0.4, 0.5) is 5.69 Å². The lowest BCUT2D eigenvalue weighted by Crippen LogP contribution is -2.37. The Labute approximate surface area is 137 Å². The summed E-state index contributed by atoms with van der Waals surface area (Å²) in [5.74, 6) is -1.40. The molecule has 22 heavy (non-hydrogen) atoms. The number of carbonyl (C=O) groups is 2. The minimum Gasteiger partial charge on any atom is -0.480 e. The van der Waals surface area contributed by atoms with Gasteiger partial charge in [-0.1, -0.05) is 18.2 Å². The van der Waals surface area contributed by atoms with E-state index in [-0.39, 0.29) is 18.5 Å². The van der Waals surface area contributed by atoms with E-state index in [1.54, 1.807) is 30.3 Å². The fourth-order valence-corrected chi connectivity index (χ4v) is 2.64. The molecule has 0 unspecified atom stereocenters.